The van der Waals surface area contributed by atoms with E-state index < -0.39 is 0 Å². The number of hydrogen-bond acceptors (Lipinski definition) is 2. The van der Waals surface area contributed by atoms with Crippen LogP contribution in [0.4, 0.5) is 5.69 Å². The summed E-state index contributed by atoms with van der Waals surface area (Å²) >= 11 is 0. The third kappa shape index (κ3) is 1.74. The summed E-state index contributed by atoms with van der Waals surface area (Å²) in [4.78, 5) is 11.1. The topological polar surface area (TPSA) is 57.8 Å². The van der Waals surface area contributed by atoms with E-state index in [4.69, 9.17) is 0 Å². The maximum absolute atomic E-state index is 11.1. The smallest absolute Gasteiger partial charge is 0.247 e. The molecule has 1 heterocycles. The van der Waals surface area contributed by atoms with E-state index in [2.05, 4.69) is 22.1 Å². The number of aromatic nitrogens is 2. The number of rotatable bonds is 2. The maximum Gasteiger partial charge on any atom is 0.247 e. The van der Waals surface area contributed by atoms with E-state index in [1.807, 2.05) is 19.1 Å². The van der Waals surface area contributed by atoms with E-state index >= 15 is 0 Å². The molecule has 0 unspecified atom stereocenters. The summed E-state index contributed by atoms with van der Waals surface area (Å²) in [6, 6.07) is 3.75. The van der Waals surface area contributed by atoms with Crippen LogP contribution in [0.25, 0.3) is 10.9 Å². The van der Waals surface area contributed by atoms with Gasteiger partial charge in [0, 0.05) is 11.1 Å². The zero-order valence-electron chi connectivity index (χ0n) is 8.37. The molecule has 1 aromatic carbocycles. The number of fused-ring (bicyclic) bond motifs is 1. The van der Waals surface area contributed by atoms with Crippen LogP contribution < -0.4 is 5.32 Å². The van der Waals surface area contributed by atoms with Crippen molar-refractivity contribution in [3.63, 3.8) is 0 Å². The maximum atomic E-state index is 11.1. The number of hydrogen-bond donors (Lipinski definition) is 2. The lowest BCUT2D eigenvalue weighted by Crippen LogP contribution is -2.07. The first-order chi connectivity index (χ1) is 7.20. The van der Waals surface area contributed by atoms with Crippen LogP contribution in [0.1, 0.15) is 5.56 Å². The van der Waals surface area contributed by atoms with Crippen molar-refractivity contribution in [2.75, 3.05) is 5.32 Å². The molecule has 0 radical (unpaired) electrons. The Morgan fingerprint density at radius 2 is 2.40 bits per heavy atom. The summed E-state index contributed by atoms with van der Waals surface area (Å²) in [6.07, 6.45) is 3.01. The molecule has 0 aliphatic carbocycles. The van der Waals surface area contributed by atoms with Crippen molar-refractivity contribution in [2.45, 2.75) is 6.92 Å². The first-order valence-corrected chi connectivity index (χ1v) is 4.58. The molecule has 76 valence electrons. The second kappa shape index (κ2) is 3.57. The molecular weight excluding hydrogens is 190 g/mol. The number of amides is 1. The van der Waals surface area contributed by atoms with Crippen molar-refractivity contribution in [1.29, 1.82) is 0 Å². The summed E-state index contributed by atoms with van der Waals surface area (Å²) in [5, 5.41) is 10.6. The number of nitrogens with zero attached hydrogens (tertiary/aromatic N) is 1. The molecule has 1 amide bonds. The van der Waals surface area contributed by atoms with Crippen molar-refractivity contribution in [2.24, 2.45) is 0 Å². The fourth-order valence-electron chi connectivity index (χ4n) is 1.49. The Labute approximate surface area is 87.0 Å². The Morgan fingerprint density at radius 1 is 1.60 bits per heavy atom. The van der Waals surface area contributed by atoms with Gasteiger partial charge in [-0.25, -0.2) is 0 Å². The highest BCUT2D eigenvalue weighted by Gasteiger charge is 2.03. The first kappa shape index (κ1) is 9.45. The highest BCUT2D eigenvalue weighted by Crippen LogP contribution is 2.21. The predicted molar refractivity (Wildman–Crippen MR) is 59.7 cm³/mol. The lowest BCUT2D eigenvalue weighted by Gasteiger charge is -2.04. The van der Waals surface area contributed by atoms with Gasteiger partial charge in [0.15, 0.2) is 0 Å². The fourth-order valence-corrected chi connectivity index (χ4v) is 1.49. The van der Waals surface area contributed by atoms with Crippen LogP contribution in [0.5, 0.6) is 0 Å². The van der Waals surface area contributed by atoms with Crippen LogP contribution in [0.2, 0.25) is 0 Å². The normalized spacial score (nSPS) is 10.2. The summed E-state index contributed by atoms with van der Waals surface area (Å²) in [5.74, 6) is -0.215. The quantitative estimate of drug-likeness (QED) is 0.730. The Balaban J connectivity index is 2.44. The molecule has 0 saturated carbocycles. The number of aromatic amines is 1. The van der Waals surface area contributed by atoms with E-state index in [0.717, 1.165) is 22.2 Å². The monoisotopic (exact) mass is 201 g/mol. The van der Waals surface area contributed by atoms with Crippen LogP contribution in [0.15, 0.2) is 31.0 Å². The standard InChI is InChI=1S/C11H11N3O/c1-3-11(15)13-8-4-7(2)9-6-12-14-10(9)5-8/h3-6H,1H2,2H3,(H,12,14)(H,13,15). The van der Waals surface area contributed by atoms with Gasteiger partial charge < -0.3 is 5.32 Å². The van der Waals surface area contributed by atoms with E-state index in [-0.39, 0.29) is 5.91 Å². The van der Waals surface area contributed by atoms with Crippen molar-refractivity contribution in [3.05, 3.63) is 36.5 Å². The van der Waals surface area contributed by atoms with Crippen molar-refractivity contribution in [1.82, 2.24) is 10.2 Å². The molecule has 0 aliphatic rings. The van der Waals surface area contributed by atoms with E-state index in [1.165, 1.54) is 6.08 Å². The number of aryl methyl sites for hydroxylation is 1. The van der Waals surface area contributed by atoms with Gasteiger partial charge in [0.2, 0.25) is 5.91 Å². The van der Waals surface area contributed by atoms with Gasteiger partial charge in [-0.2, -0.15) is 5.10 Å². The van der Waals surface area contributed by atoms with Gasteiger partial charge in [-0.3, -0.25) is 9.89 Å². The molecular formula is C11H11N3O. The van der Waals surface area contributed by atoms with Crippen molar-refractivity contribution >= 4 is 22.5 Å². The molecule has 0 aliphatic heterocycles. The third-order valence-electron chi connectivity index (χ3n) is 2.22. The summed E-state index contributed by atoms with van der Waals surface area (Å²) in [5.41, 5.74) is 2.73. The zero-order valence-corrected chi connectivity index (χ0v) is 8.37. The molecule has 0 atom stereocenters. The molecule has 15 heavy (non-hydrogen) atoms. The Kier molecular flexibility index (Phi) is 2.25. The predicted octanol–water partition coefficient (Wildman–Crippen LogP) is 2.00. The molecule has 4 nitrogen and oxygen atoms in total. The minimum Gasteiger partial charge on any atom is -0.322 e. The molecule has 1 aromatic heterocycles. The number of anilines is 1. The molecule has 0 saturated heterocycles. The van der Waals surface area contributed by atoms with Gasteiger partial charge >= 0.3 is 0 Å². The second-order valence-electron chi connectivity index (χ2n) is 3.32. The average molecular weight is 201 g/mol. The first-order valence-electron chi connectivity index (χ1n) is 4.58. The van der Waals surface area contributed by atoms with Crippen LogP contribution in [-0.2, 0) is 4.79 Å². The fraction of sp³-hybridized carbons (Fsp3) is 0.0909. The van der Waals surface area contributed by atoms with Gasteiger partial charge in [-0.05, 0) is 30.7 Å². The highest BCUT2D eigenvalue weighted by molar-refractivity contribution is 6.00. The van der Waals surface area contributed by atoms with Crippen molar-refractivity contribution in [3.8, 4) is 0 Å². The number of carbonyl (C=O) groups is 1. The lowest BCUT2D eigenvalue weighted by atomic mass is 10.1. The van der Waals surface area contributed by atoms with Crippen molar-refractivity contribution < 1.29 is 4.79 Å². The second-order valence-corrected chi connectivity index (χ2v) is 3.32. The Hall–Kier alpha value is -2.10. The SMILES string of the molecule is C=CC(=O)Nc1cc(C)c2cn[nH]c2c1. The van der Waals surface area contributed by atoms with E-state index in [1.54, 1.807) is 6.20 Å². The molecule has 4 heteroatoms. The van der Waals surface area contributed by atoms with Gasteiger partial charge in [0.25, 0.3) is 0 Å². The molecule has 0 fully saturated rings. The number of H-pyrrole nitrogens is 1. The average Bonchev–Trinajstić information content (AvgIpc) is 2.66. The number of benzene rings is 1. The Morgan fingerprint density at radius 3 is 3.13 bits per heavy atom. The van der Waals surface area contributed by atoms with Gasteiger partial charge in [0.1, 0.15) is 0 Å². The summed E-state index contributed by atoms with van der Waals surface area (Å²) in [7, 11) is 0. The minimum atomic E-state index is -0.215. The molecule has 2 N–H and O–H groups in total. The zero-order chi connectivity index (χ0) is 10.8. The molecule has 2 rings (SSSR count). The largest absolute Gasteiger partial charge is 0.322 e. The van der Waals surface area contributed by atoms with E-state index in [9.17, 15) is 4.79 Å². The Bertz CT molecular complexity index is 528. The van der Waals surface area contributed by atoms with Crippen LogP contribution in [-0.4, -0.2) is 16.1 Å². The minimum absolute atomic E-state index is 0.215. The van der Waals surface area contributed by atoms with Gasteiger partial charge in [0.05, 0.1) is 11.7 Å². The van der Waals surface area contributed by atoms with E-state index in [0.29, 0.717) is 0 Å². The van der Waals surface area contributed by atoms with Crippen LogP contribution >= 0.6 is 0 Å². The summed E-state index contributed by atoms with van der Waals surface area (Å²) < 4.78 is 0. The molecule has 0 spiro atoms. The number of carbonyl (C=O) groups excluding carboxylic acids is 1. The van der Waals surface area contributed by atoms with Crippen LogP contribution in [0.3, 0.4) is 0 Å². The highest BCUT2D eigenvalue weighted by atomic mass is 16.1. The third-order valence-corrected chi connectivity index (χ3v) is 2.22. The molecule has 0 bridgehead atoms. The lowest BCUT2D eigenvalue weighted by molar-refractivity contribution is -0.111. The van der Waals surface area contributed by atoms with Gasteiger partial charge in [-0.1, -0.05) is 6.58 Å². The number of nitrogens with one attached hydrogen (secondary N) is 2. The molecule has 2 aromatic rings. The summed E-state index contributed by atoms with van der Waals surface area (Å²) in [6.45, 7) is 5.37. The van der Waals surface area contributed by atoms with Crippen LogP contribution in [0, 0.1) is 6.92 Å². The van der Waals surface area contributed by atoms with Gasteiger partial charge in [-0.15, -0.1) is 0 Å².